The number of fused-ring (bicyclic) bond motifs is 1. The maximum atomic E-state index is 11.5. The fraction of sp³-hybridized carbons (Fsp3) is 0.222. The van der Waals surface area contributed by atoms with Gasteiger partial charge in [-0.05, 0) is 22.0 Å². The van der Waals surface area contributed by atoms with Crippen molar-refractivity contribution in [1.29, 1.82) is 0 Å². The average Bonchev–Trinajstić information content (AvgIpc) is 2.42. The maximum absolute atomic E-state index is 11.5. The van der Waals surface area contributed by atoms with Crippen molar-refractivity contribution in [3.8, 4) is 0 Å². The van der Waals surface area contributed by atoms with Gasteiger partial charge in [0.25, 0.3) is 0 Å². The smallest absolute Gasteiger partial charge is 0.340 e. The minimum Gasteiger partial charge on any atom is -0.437 e. The molecule has 1 aromatic carbocycles. The van der Waals surface area contributed by atoms with Crippen molar-refractivity contribution in [2.75, 3.05) is 0 Å². The molecule has 1 heterocycles. The van der Waals surface area contributed by atoms with Crippen LogP contribution < -0.4 is 0 Å². The maximum Gasteiger partial charge on any atom is 0.340 e. The Morgan fingerprint density at radius 1 is 1.29 bits per heavy atom. The summed E-state index contributed by atoms with van der Waals surface area (Å²) in [6.07, 6.45) is 0. The van der Waals surface area contributed by atoms with E-state index in [9.17, 15) is 4.79 Å². The van der Waals surface area contributed by atoms with E-state index in [0.717, 1.165) is 5.56 Å². The summed E-state index contributed by atoms with van der Waals surface area (Å²) in [6, 6.07) is 7.31. The van der Waals surface area contributed by atoms with Gasteiger partial charge in [-0.1, -0.05) is 50.1 Å². The van der Waals surface area contributed by atoms with Crippen LogP contribution in [0.15, 0.2) is 24.3 Å². The predicted octanol–water partition coefficient (Wildman–Crippen LogP) is 3.52. The van der Waals surface area contributed by atoms with E-state index in [1.807, 2.05) is 18.2 Å². The Bertz CT molecular complexity index is 391. The molecule has 0 spiro atoms. The van der Waals surface area contributed by atoms with Gasteiger partial charge in [-0.3, -0.25) is 0 Å². The lowest BCUT2D eigenvalue weighted by Gasteiger charge is -2.23. The number of esters is 1. The third-order valence-electron chi connectivity index (χ3n) is 2.04. The molecule has 0 N–H and O–H groups in total. The lowest BCUT2D eigenvalue weighted by Crippen LogP contribution is -2.25. The van der Waals surface area contributed by atoms with Gasteiger partial charge in [0.05, 0.1) is 5.56 Å². The lowest BCUT2D eigenvalue weighted by molar-refractivity contribution is 0.0356. The lowest BCUT2D eigenvalue weighted by atomic mass is 10.1. The Balaban J connectivity index is 2.59. The largest absolute Gasteiger partial charge is 0.437 e. The van der Waals surface area contributed by atoms with Gasteiger partial charge >= 0.3 is 5.97 Å². The summed E-state index contributed by atoms with van der Waals surface area (Å²) in [5.41, 5.74) is 1.44. The van der Waals surface area contributed by atoms with Gasteiger partial charge in [0.2, 0.25) is 4.51 Å². The van der Waals surface area contributed by atoms with Crippen LogP contribution in [0, 0.1) is 0 Å². The van der Waals surface area contributed by atoms with Gasteiger partial charge in [-0.25, -0.2) is 4.79 Å². The molecule has 0 fully saturated rings. The topological polar surface area (TPSA) is 26.3 Å². The van der Waals surface area contributed by atoms with Crippen molar-refractivity contribution < 1.29 is 9.53 Å². The van der Waals surface area contributed by atoms with Crippen LogP contribution in [-0.4, -0.2) is 9.71 Å². The highest BCUT2D eigenvalue weighted by Crippen LogP contribution is 2.48. The first kappa shape index (κ1) is 10.6. The normalized spacial score (nSPS) is 25.0. The molecule has 0 aliphatic carbocycles. The number of carbonyl (C=O) groups excluding carboxylic acids is 1. The third-order valence-corrected chi connectivity index (χ3v) is 5.60. The molecule has 0 radical (unpaired) electrons. The zero-order valence-corrected chi connectivity index (χ0v) is 11.6. The third kappa shape index (κ3) is 1.46. The van der Waals surface area contributed by atoms with E-state index in [4.69, 9.17) is 4.74 Å². The van der Waals surface area contributed by atoms with Crippen LogP contribution in [0.2, 0.25) is 0 Å². The Hall–Kier alpha value is 0.130. The molecule has 0 amide bonds. The molecular weight excluding hydrogens is 380 g/mol. The van der Waals surface area contributed by atoms with Gasteiger partial charge in [-0.2, -0.15) is 0 Å². The summed E-state index contributed by atoms with van der Waals surface area (Å²) < 4.78 is 4.29. The summed E-state index contributed by atoms with van der Waals surface area (Å²) in [5.74, 6) is -0.304. The second-order valence-electron chi connectivity index (χ2n) is 2.88. The van der Waals surface area contributed by atoms with Crippen molar-refractivity contribution in [1.82, 2.24) is 0 Å². The fourth-order valence-corrected chi connectivity index (χ4v) is 2.54. The van der Waals surface area contributed by atoms with E-state index >= 15 is 0 Å². The molecule has 2 rings (SSSR count). The molecule has 74 valence electrons. The van der Waals surface area contributed by atoms with Crippen LogP contribution in [0.3, 0.4) is 0 Å². The molecule has 5 heteroatoms. The monoisotopic (exact) mass is 382 g/mol. The van der Waals surface area contributed by atoms with Crippen molar-refractivity contribution >= 4 is 53.8 Å². The van der Waals surface area contributed by atoms with E-state index in [1.54, 1.807) is 6.07 Å². The van der Waals surface area contributed by atoms with Gasteiger partial charge in [0.15, 0.2) is 0 Å². The number of alkyl halides is 3. The fourth-order valence-electron chi connectivity index (χ4n) is 1.37. The molecule has 0 saturated carbocycles. The second kappa shape index (κ2) is 3.61. The molecule has 1 atom stereocenters. The molecular formula is C9H5Br3O2. The van der Waals surface area contributed by atoms with Crippen LogP contribution >= 0.6 is 47.8 Å². The molecule has 14 heavy (non-hydrogen) atoms. The van der Waals surface area contributed by atoms with E-state index in [1.165, 1.54) is 0 Å². The van der Waals surface area contributed by atoms with E-state index < -0.39 is 4.51 Å². The highest BCUT2D eigenvalue weighted by molar-refractivity contribution is 9.25. The molecule has 1 aliphatic rings. The van der Waals surface area contributed by atoms with Crippen LogP contribution in [0.1, 0.15) is 15.9 Å². The molecule has 0 saturated heterocycles. The Morgan fingerprint density at radius 2 is 1.93 bits per heavy atom. The first-order chi connectivity index (χ1) is 6.55. The Labute approximate surface area is 106 Å². The average molecular weight is 385 g/mol. The zero-order valence-electron chi connectivity index (χ0n) is 6.84. The molecule has 1 aromatic rings. The second-order valence-corrected chi connectivity index (χ2v) is 7.12. The van der Waals surface area contributed by atoms with E-state index in [-0.39, 0.29) is 9.71 Å². The standard InChI is InChI=1S/C9H5Br3O2/c10-8(11)9(12)6-4-2-1-3-5(6)7(13)14-9/h1-4,8H. The summed E-state index contributed by atoms with van der Waals surface area (Å²) in [4.78, 5) is 11.5. The number of hydrogen-bond donors (Lipinski definition) is 0. The number of carbonyl (C=O) groups is 1. The van der Waals surface area contributed by atoms with E-state index in [0.29, 0.717) is 5.56 Å². The first-order valence-electron chi connectivity index (χ1n) is 3.85. The summed E-state index contributed by atoms with van der Waals surface area (Å²) in [7, 11) is 0. The number of rotatable bonds is 1. The minimum absolute atomic E-state index is 0.171. The van der Waals surface area contributed by atoms with Crippen LogP contribution in [0.4, 0.5) is 0 Å². The van der Waals surface area contributed by atoms with Gasteiger partial charge in [0, 0.05) is 5.56 Å². The van der Waals surface area contributed by atoms with Crippen LogP contribution in [0.25, 0.3) is 0 Å². The van der Waals surface area contributed by atoms with Crippen LogP contribution in [-0.2, 0) is 9.25 Å². The summed E-state index contributed by atoms with van der Waals surface area (Å²) in [5, 5.41) is 0. The first-order valence-corrected chi connectivity index (χ1v) is 6.48. The minimum atomic E-state index is -0.805. The number of cyclic esters (lactones) is 1. The predicted molar refractivity (Wildman–Crippen MR) is 64.1 cm³/mol. The molecule has 0 bridgehead atoms. The molecule has 1 aliphatic heterocycles. The molecule has 1 unspecified atom stereocenters. The van der Waals surface area contributed by atoms with E-state index in [2.05, 4.69) is 47.8 Å². The van der Waals surface area contributed by atoms with Crippen molar-refractivity contribution in [3.05, 3.63) is 35.4 Å². The number of halogens is 3. The Morgan fingerprint density at radius 3 is 2.57 bits per heavy atom. The summed E-state index contributed by atoms with van der Waals surface area (Å²) in [6.45, 7) is 0. The van der Waals surface area contributed by atoms with Crippen LogP contribution in [0.5, 0.6) is 0 Å². The van der Waals surface area contributed by atoms with Gasteiger partial charge < -0.3 is 4.74 Å². The highest BCUT2D eigenvalue weighted by atomic mass is 79.9. The van der Waals surface area contributed by atoms with Crippen molar-refractivity contribution in [2.45, 2.75) is 8.25 Å². The van der Waals surface area contributed by atoms with Gasteiger partial charge in [0.1, 0.15) is 3.74 Å². The van der Waals surface area contributed by atoms with Crippen molar-refractivity contribution in [3.63, 3.8) is 0 Å². The van der Waals surface area contributed by atoms with Crippen molar-refractivity contribution in [2.24, 2.45) is 0 Å². The SMILES string of the molecule is O=C1OC(Br)(C(Br)Br)c2ccccc21. The number of ether oxygens (including phenoxy) is 1. The Kier molecular flexibility index (Phi) is 2.74. The molecule has 2 nitrogen and oxygen atoms in total. The zero-order chi connectivity index (χ0) is 10.3. The quantitative estimate of drug-likeness (QED) is 0.547. The summed E-state index contributed by atoms with van der Waals surface area (Å²) >= 11 is 10.1. The highest BCUT2D eigenvalue weighted by Gasteiger charge is 2.47. The number of hydrogen-bond acceptors (Lipinski definition) is 2. The molecule has 0 aromatic heterocycles. The number of benzene rings is 1. The van der Waals surface area contributed by atoms with Gasteiger partial charge in [-0.15, -0.1) is 0 Å².